The van der Waals surface area contributed by atoms with Crippen molar-refractivity contribution in [2.75, 3.05) is 18.5 Å². The normalized spacial score (nSPS) is 11.5. The lowest BCUT2D eigenvalue weighted by atomic mass is 9.95. The largest absolute Gasteiger partial charge is 0.396 e. The van der Waals surface area contributed by atoms with E-state index in [1.807, 2.05) is 13.8 Å². The van der Waals surface area contributed by atoms with Crippen molar-refractivity contribution in [2.45, 2.75) is 20.8 Å². The summed E-state index contributed by atoms with van der Waals surface area (Å²) in [4.78, 5) is 8.15. The van der Waals surface area contributed by atoms with Crippen LogP contribution >= 0.6 is 11.6 Å². The van der Waals surface area contributed by atoms with E-state index in [-0.39, 0.29) is 12.0 Å². The zero-order valence-corrected chi connectivity index (χ0v) is 9.97. The number of nitrogens with zero attached hydrogens (tertiary/aromatic N) is 2. The minimum atomic E-state index is -0.175. The molecule has 0 amide bonds. The Morgan fingerprint density at radius 1 is 1.47 bits per heavy atom. The molecular formula is C10H16ClN3O. The number of halogens is 1. The van der Waals surface area contributed by atoms with Gasteiger partial charge in [-0.05, 0) is 6.92 Å². The van der Waals surface area contributed by atoms with Crippen LogP contribution in [0.25, 0.3) is 0 Å². The fourth-order valence-electron chi connectivity index (χ4n) is 1.01. The number of aromatic nitrogens is 2. The van der Waals surface area contributed by atoms with Crippen molar-refractivity contribution >= 4 is 17.4 Å². The fraction of sp³-hybridized carbons (Fsp3) is 0.600. The van der Waals surface area contributed by atoms with Crippen LogP contribution in [0.15, 0.2) is 6.07 Å². The molecule has 2 N–H and O–H groups in total. The number of hydrogen-bond donors (Lipinski definition) is 2. The van der Waals surface area contributed by atoms with Crippen LogP contribution in [0.5, 0.6) is 0 Å². The molecule has 0 aliphatic carbocycles. The second-order valence-corrected chi connectivity index (χ2v) is 4.69. The first-order chi connectivity index (χ1) is 6.93. The molecule has 0 fully saturated rings. The smallest absolute Gasteiger partial charge is 0.134 e. The number of aliphatic hydroxyl groups excluding tert-OH is 1. The summed E-state index contributed by atoms with van der Waals surface area (Å²) >= 11 is 5.79. The Kier molecular flexibility index (Phi) is 3.88. The van der Waals surface area contributed by atoms with E-state index in [9.17, 15) is 0 Å². The molecule has 0 saturated heterocycles. The molecule has 0 bridgehead atoms. The average Bonchev–Trinajstić information content (AvgIpc) is 2.14. The quantitative estimate of drug-likeness (QED) is 0.774. The standard InChI is InChI=1S/C10H16ClN3O/c1-7-13-8(11)4-9(14-7)12-5-10(2,3)6-15/h4,15H,5-6H2,1-3H3,(H,12,13,14). The van der Waals surface area contributed by atoms with Gasteiger partial charge < -0.3 is 10.4 Å². The van der Waals surface area contributed by atoms with Crippen LogP contribution in [0, 0.1) is 12.3 Å². The van der Waals surface area contributed by atoms with Crippen LogP contribution in [0.2, 0.25) is 5.15 Å². The molecule has 1 aromatic rings. The van der Waals surface area contributed by atoms with E-state index in [0.717, 1.165) is 0 Å². The maximum Gasteiger partial charge on any atom is 0.134 e. The molecule has 5 heteroatoms. The Balaban J connectivity index is 2.65. The van der Waals surface area contributed by atoms with Gasteiger partial charge in [0.15, 0.2) is 0 Å². The summed E-state index contributed by atoms with van der Waals surface area (Å²) in [6.07, 6.45) is 0. The Labute approximate surface area is 94.7 Å². The van der Waals surface area contributed by atoms with Crippen LogP contribution in [0.3, 0.4) is 0 Å². The second kappa shape index (κ2) is 4.77. The lowest BCUT2D eigenvalue weighted by molar-refractivity contribution is 0.170. The predicted molar refractivity (Wildman–Crippen MR) is 61.1 cm³/mol. The minimum Gasteiger partial charge on any atom is -0.396 e. The fourth-order valence-corrected chi connectivity index (χ4v) is 1.23. The molecule has 0 radical (unpaired) electrons. The Hall–Kier alpha value is -0.870. The van der Waals surface area contributed by atoms with Gasteiger partial charge in [-0.25, -0.2) is 9.97 Å². The number of aliphatic hydroxyl groups is 1. The maximum atomic E-state index is 9.08. The molecule has 15 heavy (non-hydrogen) atoms. The number of nitrogens with one attached hydrogen (secondary N) is 1. The molecule has 0 atom stereocenters. The van der Waals surface area contributed by atoms with Crippen LogP contribution in [0.4, 0.5) is 5.82 Å². The van der Waals surface area contributed by atoms with Crippen molar-refractivity contribution in [3.8, 4) is 0 Å². The van der Waals surface area contributed by atoms with E-state index in [4.69, 9.17) is 16.7 Å². The van der Waals surface area contributed by atoms with Gasteiger partial charge in [0.25, 0.3) is 0 Å². The van der Waals surface area contributed by atoms with E-state index >= 15 is 0 Å². The highest BCUT2D eigenvalue weighted by molar-refractivity contribution is 6.29. The van der Waals surface area contributed by atoms with Gasteiger partial charge >= 0.3 is 0 Å². The van der Waals surface area contributed by atoms with Crippen LogP contribution < -0.4 is 5.32 Å². The second-order valence-electron chi connectivity index (χ2n) is 4.30. The Morgan fingerprint density at radius 3 is 2.67 bits per heavy atom. The zero-order valence-electron chi connectivity index (χ0n) is 9.21. The first-order valence-corrected chi connectivity index (χ1v) is 5.17. The highest BCUT2D eigenvalue weighted by atomic mass is 35.5. The Bertz CT molecular complexity index is 321. The van der Waals surface area contributed by atoms with Crippen molar-refractivity contribution in [1.82, 2.24) is 9.97 Å². The monoisotopic (exact) mass is 229 g/mol. The highest BCUT2D eigenvalue weighted by Gasteiger charge is 2.16. The SMILES string of the molecule is Cc1nc(Cl)cc(NCC(C)(C)CO)n1. The van der Waals surface area contributed by atoms with Crippen molar-refractivity contribution in [3.63, 3.8) is 0 Å². The number of anilines is 1. The van der Waals surface area contributed by atoms with E-state index < -0.39 is 0 Å². The van der Waals surface area contributed by atoms with Crippen LogP contribution in [-0.4, -0.2) is 28.2 Å². The van der Waals surface area contributed by atoms with Crippen molar-refractivity contribution in [2.24, 2.45) is 5.41 Å². The molecule has 4 nitrogen and oxygen atoms in total. The molecule has 1 heterocycles. The van der Waals surface area contributed by atoms with Crippen LogP contribution in [0.1, 0.15) is 19.7 Å². The third-order valence-corrected chi connectivity index (χ3v) is 2.18. The Morgan fingerprint density at radius 2 is 2.13 bits per heavy atom. The molecule has 0 saturated carbocycles. The maximum absolute atomic E-state index is 9.08. The van der Waals surface area contributed by atoms with Crippen LogP contribution in [-0.2, 0) is 0 Å². The lowest BCUT2D eigenvalue weighted by Crippen LogP contribution is -2.27. The molecule has 0 aromatic carbocycles. The van der Waals surface area contributed by atoms with Gasteiger partial charge in [-0.3, -0.25) is 0 Å². The van der Waals surface area contributed by atoms with Crippen molar-refractivity contribution < 1.29 is 5.11 Å². The summed E-state index contributed by atoms with van der Waals surface area (Å²) in [6.45, 7) is 6.48. The zero-order chi connectivity index (χ0) is 11.5. The molecule has 1 aromatic heterocycles. The van der Waals surface area contributed by atoms with E-state index in [2.05, 4.69) is 15.3 Å². The minimum absolute atomic E-state index is 0.123. The molecule has 0 spiro atoms. The molecule has 0 aliphatic heterocycles. The molecule has 0 unspecified atom stereocenters. The highest BCUT2D eigenvalue weighted by Crippen LogP contribution is 2.16. The third-order valence-electron chi connectivity index (χ3n) is 1.98. The van der Waals surface area contributed by atoms with Gasteiger partial charge in [-0.2, -0.15) is 0 Å². The predicted octanol–water partition coefficient (Wildman–Crippen LogP) is 1.87. The van der Waals surface area contributed by atoms with Gasteiger partial charge in [0.1, 0.15) is 16.8 Å². The van der Waals surface area contributed by atoms with Gasteiger partial charge in [0.2, 0.25) is 0 Å². The van der Waals surface area contributed by atoms with Gasteiger partial charge in [-0.1, -0.05) is 25.4 Å². The lowest BCUT2D eigenvalue weighted by Gasteiger charge is -2.22. The van der Waals surface area contributed by atoms with Gasteiger partial charge in [-0.15, -0.1) is 0 Å². The summed E-state index contributed by atoms with van der Waals surface area (Å²) in [5.41, 5.74) is -0.175. The van der Waals surface area contributed by atoms with E-state index in [1.165, 1.54) is 0 Å². The summed E-state index contributed by atoms with van der Waals surface area (Å²) in [6, 6.07) is 1.67. The summed E-state index contributed by atoms with van der Waals surface area (Å²) in [5.74, 6) is 1.32. The first kappa shape index (κ1) is 12.2. The number of hydrogen-bond acceptors (Lipinski definition) is 4. The molecular weight excluding hydrogens is 214 g/mol. The van der Waals surface area contributed by atoms with Crippen molar-refractivity contribution in [3.05, 3.63) is 17.0 Å². The number of rotatable bonds is 4. The van der Waals surface area contributed by atoms with E-state index in [0.29, 0.717) is 23.3 Å². The third kappa shape index (κ3) is 4.01. The average molecular weight is 230 g/mol. The first-order valence-electron chi connectivity index (χ1n) is 4.79. The molecule has 1 rings (SSSR count). The topological polar surface area (TPSA) is 58.0 Å². The summed E-state index contributed by atoms with van der Waals surface area (Å²) in [5, 5.41) is 12.6. The van der Waals surface area contributed by atoms with E-state index in [1.54, 1.807) is 13.0 Å². The van der Waals surface area contributed by atoms with Gasteiger partial charge in [0.05, 0.1) is 0 Å². The molecule has 0 aliphatic rings. The molecule has 84 valence electrons. The van der Waals surface area contributed by atoms with Crippen molar-refractivity contribution in [1.29, 1.82) is 0 Å². The number of aryl methyl sites for hydroxylation is 1. The summed E-state index contributed by atoms with van der Waals surface area (Å²) in [7, 11) is 0. The summed E-state index contributed by atoms with van der Waals surface area (Å²) < 4.78 is 0. The van der Waals surface area contributed by atoms with Gasteiger partial charge in [0, 0.05) is 24.6 Å².